The van der Waals surface area contributed by atoms with Crippen molar-refractivity contribution in [3.8, 4) is 5.75 Å². The van der Waals surface area contributed by atoms with Crippen molar-refractivity contribution in [2.24, 2.45) is 5.92 Å². The van der Waals surface area contributed by atoms with E-state index in [-0.39, 0.29) is 23.0 Å². The van der Waals surface area contributed by atoms with Crippen molar-refractivity contribution in [1.29, 1.82) is 0 Å². The predicted octanol–water partition coefficient (Wildman–Crippen LogP) is 5.14. The molecule has 2 rings (SSSR count). The largest absolute Gasteiger partial charge is 0.492 e. The molecule has 0 saturated heterocycles. The van der Waals surface area contributed by atoms with E-state index in [1.54, 1.807) is 36.4 Å². The third-order valence-electron chi connectivity index (χ3n) is 4.38. The van der Waals surface area contributed by atoms with Crippen molar-refractivity contribution < 1.29 is 14.3 Å². The van der Waals surface area contributed by atoms with E-state index in [4.69, 9.17) is 17.0 Å². The fourth-order valence-corrected chi connectivity index (χ4v) is 3.08. The maximum Gasteiger partial charge on any atom is 0.261 e. The van der Waals surface area contributed by atoms with Gasteiger partial charge in [-0.1, -0.05) is 36.7 Å². The molecule has 0 aliphatic carbocycles. The molecule has 0 fully saturated rings. The van der Waals surface area contributed by atoms with Crippen LogP contribution in [0.3, 0.4) is 0 Å². The van der Waals surface area contributed by atoms with Gasteiger partial charge in [0.25, 0.3) is 11.8 Å². The molecular weight excluding hydrogens is 478 g/mol. The van der Waals surface area contributed by atoms with E-state index in [1.807, 2.05) is 33.8 Å². The second kappa shape index (κ2) is 11.8. The monoisotopic (exact) mass is 505 g/mol. The lowest BCUT2D eigenvalue weighted by atomic mass is 10.1. The number of amides is 2. The smallest absolute Gasteiger partial charge is 0.261 e. The van der Waals surface area contributed by atoms with Crippen molar-refractivity contribution in [3.63, 3.8) is 0 Å². The van der Waals surface area contributed by atoms with Gasteiger partial charge in [-0.25, -0.2) is 0 Å². The van der Waals surface area contributed by atoms with Crippen LogP contribution in [-0.2, 0) is 0 Å². The summed E-state index contributed by atoms with van der Waals surface area (Å²) >= 11 is 8.66. The van der Waals surface area contributed by atoms with Gasteiger partial charge in [-0.2, -0.15) is 0 Å². The number of rotatable bonds is 8. The number of anilines is 1. The van der Waals surface area contributed by atoms with Crippen molar-refractivity contribution in [2.75, 3.05) is 11.9 Å². The van der Waals surface area contributed by atoms with Gasteiger partial charge in [0, 0.05) is 21.8 Å². The lowest BCUT2D eigenvalue weighted by Gasteiger charge is -2.15. The molecule has 0 saturated carbocycles. The first-order chi connectivity index (χ1) is 14.7. The van der Waals surface area contributed by atoms with Crippen LogP contribution in [0.1, 0.15) is 54.8 Å². The minimum absolute atomic E-state index is 0.112. The third kappa shape index (κ3) is 7.95. The van der Waals surface area contributed by atoms with Gasteiger partial charge in [-0.3, -0.25) is 14.9 Å². The Balaban J connectivity index is 2.00. The number of hydrogen-bond acceptors (Lipinski definition) is 4. The summed E-state index contributed by atoms with van der Waals surface area (Å²) in [4.78, 5) is 24.9. The van der Waals surface area contributed by atoms with E-state index in [0.29, 0.717) is 35.1 Å². The van der Waals surface area contributed by atoms with Crippen LogP contribution >= 0.6 is 28.1 Å². The van der Waals surface area contributed by atoms with Crippen LogP contribution in [0.15, 0.2) is 46.9 Å². The van der Waals surface area contributed by atoms with Crippen LogP contribution in [0.5, 0.6) is 5.75 Å². The van der Waals surface area contributed by atoms with Crippen molar-refractivity contribution in [2.45, 2.75) is 40.2 Å². The molecule has 1 atom stereocenters. The highest BCUT2D eigenvalue weighted by atomic mass is 79.9. The van der Waals surface area contributed by atoms with Crippen LogP contribution in [0, 0.1) is 5.92 Å². The molecule has 0 radical (unpaired) electrons. The highest BCUT2D eigenvalue weighted by Crippen LogP contribution is 2.24. The van der Waals surface area contributed by atoms with Gasteiger partial charge >= 0.3 is 0 Å². The van der Waals surface area contributed by atoms with Gasteiger partial charge in [0.2, 0.25) is 0 Å². The number of carbonyl (C=O) groups excluding carboxylic acids is 2. The minimum Gasteiger partial charge on any atom is -0.492 e. The van der Waals surface area contributed by atoms with E-state index in [9.17, 15) is 9.59 Å². The molecule has 0 aliphatic heterocycles. The zero-order valence-corrected chi connectivity index (χ0v) is 20.5. The average molecular weight is 506 g/mol. The second-order valence-electron chi connectivity index (χ2n) is 7.61. The fourth-order valence-electron chi connectivity index (χ4n) is 2.51. The lowest BCUT2D eigenvalue weighted by molar-refractivity contribution is 0.0937. The molecule has 0 spiro atoms. The van der Waals surface area contributed by atoms with E-state index in [0.717, 1.165) is 10.9 Å². The SMILES string of the molecule is CCC(C)NC(=O)c1ccc(NC(=S)NC(=O)c2cc(Br)ccc2OCC(C)C)cc1. The second-order valence-corrected chi connectivity index (χ2v) is 8.94. The molecule has 0 aromatic heterocycles. The number of hydrogen-bond donors (Lipinski definition) is 3. The van der Waals surface area contributed by atoms with Gasteiger partial charge in [0.15, 0.2) is 5.11 Å². The van der Waals surface area contributed by atoms with Crippen molar-refractivity contribution >= 4 is 50.8 Å². The summed E-state index contributed by atoms with van der Waals surface area (Å²) in [6, 6.07) is 12.3. The first-order valence-electron chi connectivity index (χ1n) is 10.1. The summed E-state index contributed by atoms with van der Waals surface area (Å²) in [5, 5.41) is 8.70. The predicted molar refractivity (Wildman–Crippen MR) is 132 cm³/mol. The maximum absolute atomic E-state index is 12.7. The molecule has 8 heteroatoms. The molecule has 3 N–H and O–H groups in total. The Bertz CT molecular complexity index is 932. The molecule has 31 heavy (non-hydrogen) atoms. The number of nitrogens with one attached hydrogen (secondary N) is 3. The molecular formula is C23H28BrN3O3S. The number of benzene rings is 2. The first-order valence-corrected chi connectivity index (χ1v) is 11.3. The van der Waals surface area contributed by atoms with Crippen LogP contribution in [0.4, 0.5) is 5.69 Å². The Morgan fingerprint density at radius 3 is 2.35 bits per heavy atom. The zero-order chi connectivity index (χ0) is 23.0. The van der Waals surface area contributed by atoms with Crippen LogP contribution in [-0.4, -0.2) is 29.6 Å². The summed E-state index contributed by atoms with van der Waals surface area (Å²) in [6.07, 6.45) is 0.863. The summed E-state index contributed by atoms with van der Waals surface area (Å²) in [5.74, 6) is 0.328. The van der Waals surface area contributed by atoms with E-state index < -0.39 is 0 Å². The highest BCUT2D eigenvalue weighted by Gasteiger charge is 2.16. The van der Waals surface area contributed by atoms with Gasteiger partial charge in [-0.05, 0) is 73.9 Å². The average Bonchev–Trinajstić information content (AvgIpc) is 2.72. The van der Waals surface area contributed by atoms with Gasteiger partial charge < -0.3 is 15.4 Å². The maximum atomic E-state index is 12.7. The Labute approximate surface area is 197 Å². The number of ether oxygens (including phenoxy) is 1. The van der Waals surface area contributed by atoms with Crippen LogP contribution in [0.25, 0.3) is 0 Å². The molecule has 2 amide bonds. The lowest BCUT2D eigenvalue weighted by Crippen LogP contribution is -2.34. The summed E-state index contributed by atoms with van der Waals surface area (Å²) in [5.41, 5.74) is 1.61. The molecule has 2 aromatic rings. The molecule has 2 aromatic carbocycles. The Kier molecular flexibility index (Phi) is 9.45. The standard InChI is InChI=1S/C23H28BrN3O3S/c1-5-15(4)25-21(28)16-6-9-18(10-7-16)26-23(31)27-22(29)19-12-17(24)8-11-20(19)30-13-14(2)3/h6-12,14-15H,5,13H2,1-4H3,(H,25,28)(H2,26,27,29,31). The molecule has 166 valence electrons. The van der Waals surface area contributed by atoms with Gasteiger partial charge in [0.1, 0.15) is 5.75 Å². The molecule has 0 heterocycles. The Hall–Kier alpha value is -2.45. The van der Waals surface area contributed by atoms with E-state index >= 15 is 0 Å². The summed E-state index contributed by atoms with van der Waals surface area (Å²) < 4.78 is 6.53. The number of halogens is 1. The minimum atomic E-state index is -0.373. The van der Waals surface area contributed by atoms with Crippen molar-refractivity contribution in [3.05, 3.63) is 58.1 Å². The highest BCUT2D eigenvalue weighted by molar-refractivity contribution is 9.10. The number of thiocarbonyl (C=S) groups is 1. The Morgan fingerprint density at radius 2 is 1.74 bits per heavy atom. The quantitative estimate of drug-likeness (QED) is 0.432. The summed E-state index contributed by atoms with van der Waals surface area (Å²) in [6.45, 7) is 8.55. The molecule has 0 bridgehead atoms. The zero-order valence-electron chi connectivity index (χ0n) is 18.1. The van der Waals surface area contributed by atoms with Gasteiger partial charge in [0.05, 0.1) is 12.2 Å². The molecule has 6 nitrogen and oxygen atoms in total. The summed E-state index contributed by atoms with van der Waals surface area (Å²) in [7, 11) is 0. The first kappa shape index (κ1) is 24.8. The number of carbonyl (C=O) groups is 2. The van der Waals surface area contributed by atoms with Crippen LogP contribution < -0.4 is 20.7 Å². The van der Waals surface area contributed by atoms with Gasteiger partial charge in [-0.15, -0.1) is 0 Å². The topological polar surface area (TPSA) is 79.5 Å². The van der Waals surface area contributed by atoms with Crippen molar-refractivity contribution in [1.82, 2.24) is 10.6 Å². The third-order valence-corrected chi connectivity index (χ3v) is 5.08. The fraction of sp³-hybridized carbons (Fsp3) is 0.348. The van der Waals surface area contributed by atoms with E-state index in [2.05, 4.69) is 31.9 Å². The van der Waals surface area contributed by atoms with Crippen LogP contribution in [0.2, 0.25) is 0 Å². The molecule has 0 aliphatic rings. The Morgan fingerprint density at radius 1 is 1.06 bits per heavy atom. The normalized spacial score (nSPS) is 11.5. The van der Waals surface area contributed by atoms with E-state index in [1.165, 1.54) is 0 Å². The molecule has 1 unspecified atom stereocenters.